The van der Waals surface area contributed by atoms with Crippen LogP contribution in [0.3, 0.4) is 0 Å². The van der Waals surface area contributed by atoms with E-state index in [1.807, 2.05) is 32.6 Å². The number of carbonyl (C=O) groups is 2. The lowest BCUT2D eigenvalue weighted by atomic mass is 10.1. The summed E-state index contributed by atoms with van der Waals surface area (Å²) in [5, 5.41) is 10.7. The summed E-state index contributed by atoms with van der Waals surface area (Å²) in [4.78, 5) is 32.1. The zero-order valence-corrected chi connectivity index (χ0v) is 22.9. The zero-order chi connectivity index (χ0) is 25.4. The highest BCUT2D eigenvalue weighted by atomic mass is 79.9. The molecule has 0 spiro atoms. The molecule has 5 rings (SSSR count). The summed E-state index contributed by atoms with van der Waals surface area (Å²) in [7, 11) is 0. The Morgan fingerprint density at radius 3 is 2.28 bits per heavy atom. The van der Waals surface area contributed by atoms with Crippen molar-refractivity contribution in [2.24, 2.45) is 5.92 Å². The molecule has 3 fully saturated rings. The largest absolute Gasteiger partial charge is 0.489 e. The number of likely N-dealkylation sites (tertiary alicyclic amines) is 1. The summed E-state index contributed by atoms with van der Waals surface area (Å²) in [6, 6.07) is 6.46. The molecule has 2 aromatic rings. The number of hydrogen-bond donors (Lipinski definition) is 1. The zero-order valence-electron chi connectivity index (χ0n) is 21.3. The number of fused-ring (bicyclic) bond motifs is 1. The first-order chi connectivity index (χ1) is 17.4. The molecular weight excluding hydrogens is 524 g/mol. The Kier molecular flexibility index (Phi) is 7.60. The average Bonchev–Trinajstić information content (AvgIpc) is 3.68. The molecule has 1 saturated carbocycles. The quantitative estimate of drug-likeness (QED) is 0.562. The third-order valence-electron chi connectivity index (χ3n) is 7.80. The van der Waals surface area contributed by atoms with E-state index in [1.165, 1.54) is 0 Å². The maximum Gasteiger partial charge on any atom is 0.270 e. The van der Waals surface area contributed by atoms with Crippen molar-refractivity contribution in [2.45, 2.75) is 58.2 Å². The van der Waals surface area contributed by atoms with Crippen LogP contribution < -0.4 is 4.74 Å². The van der Waals surface area contributed by atoms with Crippen molar-refractivity contribution in [3.8, 4) is 5.75 Å². The molecule has 2 amide bonds. The summed E-state index contributed by atoms with van der Waals surface area (Å²) in [6.45, 7) is 9.05. The second kappa shape index (κ2) is 10.7. The van der Waals surface area contributed by atoms with Gasteiger partial charge in [-0.1, -0.05) is 0 Å². The number of aliphatic hydroxyl groups excluding tert-OH is 1. The molecule has 1 aromatic carbocycles. The first kappa shape index (κ1) is 25.5. The molecule has 8 nitrogen and oxygen atoms in total. The molecule has 1 aromatic heterocycles. The van der Waals surface area contributed by atoms with E-state index in [0.29, 0.717) is 44.5 Å². The summed E-state index contributed by atoms with van der Waals surface area (Å²) < 4.78 is 9.15. The monoisotopic (exact) mass is 560 g/mol. The number of hydrogen-bond acceptors (Lipinski definition) is 5. The molecule has 3 heterocycles. The molecule has 9 heteroatoms. The molecule has 1 N–H and O–H groups in total. The van der Waals surface area contributed by atoms with Gasteiger partial charge >= 0.3 is 0 Å². The average molecular weight is 562 g/mol. The number of amides is 2. The van der Waals surface area contributed by atoms with Crippen molar-refractivity contribution in [3.63, 3.8) is 0 Å². The Hall–Kier alpha value is -2.10. The van der Waals surface area contributed by atoms with E-state index in [9.17, 15) is 14.7 Å². The first-order valence-electron chi connectivity index (χ1n) is 13.3. The highest BCUT2D eigenvalue weighted by molar-refractivity contribution is 9.10. The maximum atomic E-state index is 13.5. The molecule has 196 valence electrons. The van der Waals surface area contributed by atoms with Gasteiger partial charge in [0.25, 0.3) is 5.91 Å². The van der Waals surface area contributed by atoms with E-state index < -0.39 is 0 Å². The smallest absolute Gasteiger partial charge is 0.270 e. The number of ether oxygens (including phenoxy) is 1. The molecule has 0 radical (unpaired) electrons. The SMILES string of the molecule is CC(C)N1CCC(Oc2cc3cc(C(=O)N4CCN(C(=O)C5CC5)CC4)n(CCO)c3cc2Br)CC1. The van der Waals surface area contributed by atoms with Crippen molar-refractivity contribution in [1.82, 2.24) is 19.3 Å². The van der Waals surface area contributed by atoms with Crippen LogP contribution in [0, 0.1) is 5.92 Å². The van der Waals surface area contributed by atoms with Gasteiger partial charge in [-0.2, -0.15) is 0 Å². The number of rotatable bonds is 7. The molecule has 0 unspecified atom stereocenters. The number of halogens is 1. The van der Waals surface area contributed by atoms with E-state index >= 15 is 0 Å². The second-order valence-electron chi connectivity index (χ2n) is 10.6. The fourth-order valence-electron chi connectivity index (χ4n) is 5.44. The lowest BCUT2D eigenvalue weighted by Crippen LogP contribution is -2.51. The Labute approximate surface area is 221 Å². The molecular formula is C27H37BrN4O4. The summed E-state index contributed by atoms with van der Waals surface area (Å²) in [5.41, 5.74) is 1.46. The summed E-state index contributed by atoms with van der Waals surface area (Å²) in [5.74, 6) is 1.18. The van der Waals surface area contributed by atoms with Gasteiger partial charge in [0, 0.05) is 63.2 Å². The predicted molar refractivity (Wildman–Crippen MR) is 142 cm³/mol. The maximum absolute atomic E-state index is 13.5. The van der Waals surface area contributed by atoms with Crippen molar-refractivity contribution in [1.29, 1.82) is 0 Å². The van der Waals surface area contributed by atoms with E-state index in [2.05, 4.69) is 34.7 Å². The van der Waals surface area contributed by atoms with Crippen LogP contribution in [0.15, 0.2) is 22.7 Å². The van der Waals surface area contributed by atoms with Gasteiger partial charge in [0.1, 0.15) is 17.5 Å². The van der Waals surface area contributed by atoms with E-state index in [1.54, 1.807) is 0 Å². The lowest BCUT2D eigenvalue weighted by molar-refractivity contribution is -0.134. The normalized spacial score (nSPS) is 19.9. The van der Waals surface area contributed by atoms with Gasteiger partial charge in [-0.15, -0.1) is 0 Å². The van der Waals surface area contributed by atoms with Crippen molar-refractivity contribution in [3.05, 3.63) is 28.4 Å². The van der Waals surface area contributed by atoms with Crippen molar-refractivity contribution >= 4 is 38.6 Å². The molecule has 3 aliphatic rings. The van der Waals surface area contributed by atoms with Crippen LogP contribution in [0.1, 0.15) is 50.0 Å². The van der Waals surface area contributed by atoms with Gasteiger partial charge in [-0.25, -0.2) is 0 Å². The Morgan fingerprint density at radius 2 is 1.67 bits per heavy atom. The number of benzene rings is 1. The third kappa shape index (κ3) is 5.29. The highest BCUT2D eigenvalue weighted by Crippen LogP contribution is 2.35. The fraction of sp³-hybridized carbons (Fsp3) is 0.630. The number of aromatic nitrogens is 1. The van der Waals surface area contributed by atoms with Gasteiger partial charge in [-0.3, -0.25) is 9.59 Å². The van der Waals surface area contributed by atoms with Crippen LogP contribution in [0.2, 0.25) is 0 Å². The topological polar surface area (TPSA) is 78.2 Å². The molecule has 2 aliphatic heterocycles. The Balaban J connectivity index is 1.32. The van der Waals surface area contributed by atoms with E-state index in [-0.39, 0.29) is 30.4 Å². The summed E-state index contributed by atoms with van der Waals surface area (Å²) >= 11 is 3.68. The predicted octanol–water partition coefficient (Wildman–Crippen LogP) is 3.34. The van der Waals surface area contributed by atoms with E-state index in [4.69, 9.17) is 4.74 Å². The number of carbonyl (C=O) groups excluding carboxylic acids is 2. The lowest BCUT2D eigenvalue weighted by Gasteiger charge is -2.35. The number of piperazine rings is 1. The van der Waals surface area contributed by atoms with Gasteiger partial charge in [0.05, 0.1) is 16.6 Å². The van der Waals surface area contributed by atoms with Crippen molar-refractivity contribution in [2.75, 3.05) is 45.9 Å². The van der Waals surface area contributed by atoms with Crippen LogP contribution in [0.25, 0.3) is 10.9 Å². The minimum absolute atomic E-state index is 0.0575. The van der Waals surface area contributed by atoms with Gasteiger partial charge < -0.3 is 29.1 Å². The minimum atomic E-state index is -0.0576. The highest BCUT2D eigenvalue weighted by Gasteiger charge is 2.35. The second-order valence-corrected chi connectivity index (χ2v) is 11.4. The van der Waals surface area contributed by atoms with Crippen LogP contribution in [-0.4, -0.2) is 94.2 Å². The molecule has 36 heavy (non-hydrogen) atoms. The number of piperidine rings is 1. The third-order valence-corrected chi connectivity index (χ3v) is 8.42. The van der Waals surface area contributed by atoms with Crippen LogP contribution in [0.5, 0.6) is 5.75 Å². The van der Waals surface area contributed by atoms with Gasteiger partial charge in [0.2, 0.25) is 5.91 Å². The molecule has 1 aliphatic carbocycles. The molecule has 0 bridgehead atoms. The summed E-state index contributed by atoms with van der Waals surface area (Å²) in [6.07, 6.45) is 4.15. The van der Waals surface area contributed by atoms with E-state index in [0.717, 1.165) is 59.9 Å². The van der Waals surface area contributed by atoms with Crippen LogP contribution in [-0.2, 0) is 11.3 Å². The fourth-order valence-corrected chi connectivity index (χ4v) is 5.87. The molecule has 0 atom stereocenters. The Bertz CT molecular complexity index is 1110. The van der Waals surface area contributed by atoms with Crippen LogP contribution in [0.4, 0.5) is 0 Å². The Morgan fingerprint density at radius 1 is 1.00 bits per heavy atom. The van der Waals surface area contributed by atoms with Crippen LogP contribution >= 0.6 is 15.9 Å². The number of aliphatic hydroxyl groups is 1. The first-order valence-corrected chi connectivity index (χ1v) is 14.1. The minimum Gasteiger partial charge on any atom is -0.489 e. The van der Waals surface area contributed by atoms with Gasteiger partial charge in [0.15, 0.2) is 0 Å². The standard InChI is InChI=1S/C27H37BrN4O4/c1-18(2)29-7-5-21(6-8-29)36-25-16-20-15-24(32(13-14-33)23(20)17-22(25)28)27(35)31-11-9-30(10-12-31)26(34)19-3-4-19/h15-19,21,33H,3-14H2,1-2H3. The van der Waals surface area contributed by atoms with Gasteiger partial charge in [-0.05, 0) is 73.7 Å². The van der Waals surface area contributed by atoms with Crippen molar-refractivity contribution < 1.29 is 19.4 Å². The number of nitrogens with zero attached hydrogens (tertiary/aromatic N) is 4. The molecule has 2 saturated heterocycles.